The highest BCUT2D eigenvalue weighted by Crippen LogP contribution is 2.21. The number of sulfone groups is 1. The Kier molecular flexibility index (Phi) is 4.91. The van der Waals surface area contributed by atoms with Crippen LogP contribution in [0.15, 0.2) is 0 Å². The quantitative estimate of drug-likeness (QED) is 0.813. The minimum atomic E-state index is -3.07. The zero-order chi connectivity index (χ0) is 15.6. The minimum Gasteiger partial charge on any atom is -0.344 e. The van der Waals surface area contributed by atoms with E-state index in [1.165, 1.54) is 0 Å². The van der Waals surface area contributed by atoms with E-state index in [2.05, 4.69) is 5.32 Å². The van der Waals surface area contributed by atoms with E-state index < -0.39 is 15.9 Å². The lowest BCUT2D eigenvalue weighted by molar-refractivity contribution is -0.135. The van der Waals surface area contributed by atoms with E-state index in [0.717, 1.165) is 0 Å². The zero-order valence-corrected chi connectivity index (χ0v) is 13.5. The lowest BCUT2D eigenvalue weighted by Gasteiger charge is -2.34. The molecule has 0 saturated carbocycles. The first-order valence-corrected chi connectivity index (χ1v) is 9.41. The lowest BCUT2D eigenvalue weighted by atomic mass is 10.0. The largest absolute Gasteiger partial charge is 0.344 e. The van der Waals surface area contributed by atoms with Crippen molar-refractivity contribution in [3.8, 4) is 0 Å². The molecule has 0 aromatic heterocycles. The number of nitrogens with one attached hydrogen (secondary N) is 1. The van der Waals surface area contributed by atoms with Crippen molar-refractivity contribution in [2.45, 2.75) is 51.6 Å². The summed E-state index contributed by atoms with van der Waals surface area (Å²) in [6.07, 6.45) is 2.12. The third-order valence-electron chi connectivity index (χ3n) is 4.08. The molecule has 2 aliphatic rings. The van der Waals surface area contributed by atoms with Gasteiger partial charge in [0.1, 0.15) is 6.04 Å². The summed E-state index contributed by atoms with van der Waals surface area (Å²) in [5, 5.41) is 2.77. The zero-order valence-electron chi connectivity index (χ0n) is 12.7. The molecule has 2 saturated heterocycles. The Morgan fingerprint density at radius 1 is 1.33 bits per heavy atom. The van der Waals surface area contributed by atoms with Crippen LogP contribution in [0.3, 0.4) is 0 Å². The molecular weight excluding hydrogens is 292 g/mol. The summed E-state index contributed by atoms with van der Waals surface area (Å²) in [5.74, 6) is 0.264. The molecule has 2 rings (SSSR count). The van der Waals surface area contributed by atoms with Crippen LogP contribution >= 0.6 is 0 Å². The van der Waals surface area contributed by atoms with Crippen LogP contribution in [-0.2, 0) is 19.4 Å². The second kappa shape index (κ2) is 6.34. The lowest BCUT2D eigenvalue weighted by Crippen LogP contribution is -2.52. The van der Waals surface area contributed by atoms with Gasteiger partial charge >= 0.3 is 0 Å². The number of nitrogens with zero attached hydrogens (tertiary/aromatic N) is 1. The highest BCUT2D eigenvalue weighted by atomic mass is 32.2. The van der Waals surface area contributed by atoms with Crippen LogP contribution in [0.25, 0.3) is 0 Å². The maximum atomic E-state index is 12.7. The van der Waals surface area contributed by atoms with Gasteiger partial charge in [-0.1, -0.05) is 13.8 Å². The molecule has 2 unspecified atom stereocenters. The third kappa shape index (κ3) is 4.18. The van der Waals surface area contributed by atoms with Gasteiger partial charge in [-0.15, -0.1) is 0 Å². The van der Waals surface area contributed by atoms with Crippen LogP contribution in [0.5, 0.6) is 0 Å². The first kappa shape index (κ1) is 16.3. The molecule has 2 atom stereocenters. The van der Waals surface area contributed by atoms with Gasteiger partial charge in [0.2, 0.25) is 11.8 Å². The first-order chi connectivity index (χ1) is 9.78. The maximum Gasteiger partial charge on any atom is 0.245 e. The number of amides is 2. The summed E-state index contributed by atoms with van der Waals surface area (Å²) in [6.45, 7) is 4.32. The maximum absolute atomic E-state index is 12.7. The standard InChI is InChI=1S/C14H24N2O4S/c1-10(2)8-12-14(18)16(6-5-13(17)15-12)11-4-3-7-21(19,20)9-11/h10-12H,3-9H2,1-2H3,(H,15,17). The SMILES string of the molecule is CC(C)CC1NC(=O)CCN(C2CCCS(=O)(=O)C2)C1=O. The average molecular weight is 316 g/mol. The molecule has 0 aromatic rings. The van der Waals surface area contributed by atoms with Crippen LogP contribution in [0.2, 0.25) is 0 Å². The molecule has 7 heteroatoms. The van der Waals surface area contributed by atoms with Gasteiger partial charge in [-0.2, -0.15) is 0 Å². The molecular formula is C14H24N2O4S. The average Bonchev–Trinajstić information content (AvgIpc) is 2.48. The van der Waals surface area contributed by atoms with Gasteiger partial charge < -0.3 is 10.2 Å². The van der Waals surface area contributed by atoms with Crippen molar-refractivity contribution < 1.29 is 18.0 Å². The van der Waals surface area contributed by atoms with Crippen LogP contribution in [-0.4, -0.2) is 55.3 Å². The number of carbonyl (C=O) groups excluding carboxylic acids is 2. The van der Waals surface area contributed by atoms with E-state index in [1.54, 1.807) is 4.90 Å². The number of rotatable bonds is 3. The third-order valence-corrected chi connectivity index (χ3v) is 5.89. The molecule has 2 amide bonds. The molecule has 2 fully saturated rings. The monoisotopic (exact) mass is 316 g/mol. The highest BCUT2D eigenvalue weighted by Gasteiger charge is 2.37. The van der Waals surface area contributed by atoms with Crippen molar-refractivity contribution in [3.63, 3.8) is 0 Å². The Morgan fingerprint density at radius 3 is 2.67 bits per heavy atom. The minimum absolute atomic E-state index is 0.0291. The second-order valence-electron chi connectivity index (χ2n) is 6.44. The van der Waals surface area contributed by atoms with Gasteiger partial charge in [-0.3, -0.25) is 9.59 Å². The molecule has 2 aliphatic heterocycles. The van der Waals surface area contributed by atoms with E-state index in [-0.39, 0.29) is 41.7 Å². The molecule has 1 N–H and O–H groups in total. The van der Waals surface area contributed by atoms with E-state index in [4.69, 9.17) is 0 Å². The summed E-state index contributed by atoms with van der Waals surface area (Å²) in [6, 6.07) is -0.803. The van der Waals surface area contributed by atoms with Crippen molar-refractivity contribution in [3.05, 3.63) is 0 Å². The predicted octanol–water partition coefficient (Wildman–Crippen LogP) is 0.327. The van der Waals surface area contributed by atoms with Crippen LogP contribution in [0.4, 0.5) is 0 Å². The molecule has 6 nitrogen and oxygen atoms in total. The molecule has 2 heterocycles. The summed E-state index contributed by atoms with van der Waals surface area (Å²) in [4.78, 5) is 26.0. The number of hydrogen-bond acceptors (Lipinski definition) is 4. The Bertz CT molecular complexity index is 515. The van der Waals surface area contributed by atoms with Gasteiger partial charge in [-0.25, -0.2) is 8.42 Å². The van der Waals surface area contributed by atoms with E-state index in [1.807, 2.05) is 13.8 Å². The van der Waals surface area contributed by atoms with Crippen molar-refractivity contribution in [1.29, 1.82) is 0 Å². The van der Waals surface area contributed by atoms with Crippen LogP contribution < -0.4 is 5.32 Å². The van der Waals surface area contributed by atoms with E-state index >= 15 is 0 Å². The van der Waals surface area contributed by atoms with Gasteiger partial charge in [0.25, 0.3) is 0 Å². The summed E-state index contributed by atoms with van der Waals surface area (Å²) < 4.78 is 23.6. The van der Waals surface area contributed by atoms with Crippen molar-refractivity contribution in [2.24, 2.45) is 5.92 Å². The summed E-state index contributed by atoms with van der Waals surface area (Å²) in [5.41, 5.74) is 0. The molecule has 21 heavy (non-hydrogen) atoms. The predicted molar refractivity (Wildman–Crippen MR) is 79.4 cm³/mol. The topological polar surface area (TPSA) is 83.6 Å². The number of hydrogen-bond donors (Lipinski definition) is 1. The normalized spacial score (nSPS) is 30.1. The fourth-order valence-electron chi connectivity index (χ4n) is 3.10. The Hall–Kier alpha value is -1.11. The van der Waals surface area contributed by atoms with Gasteiger partial charge in [0.15, 0.2) is 9.84 Å². The van der Waals surface area contributed by atoms with E-state index in [0.29, 0.717) is 25.8 Å². The number of carbonyl (C=O) groups is 2. The molecule has 0 spiro atoms. The fourth-order valence-corrected chi connectivity index (χ4v) is 4.80. The van der Waals surface area contributed by atoms with Crippen LogP contribution in [0, 0.1) is 5.92 Å². The van der Waals surface area contributed by atoms with E-state index in [9.17, 15) is 18.0 Å². The Morgan fingerprint density at radius 2 is 2.05 bits per heavy atom. The van der Waals surface area contributed by atoms with Crippen LogP contribution in [0.1, 0.15) is 39.5 Å². The van der Waals surface area contributed by atoms with Gasteiger partial charge in [0.05, 0.1) is 11.5 Å². The van der Waals surface area contributed by atoms with Gasteiger partial charge in [0, 0.05) is 19.0 Å². The highest BCUT2D eigenvalue weighted by molar-refractivity contribution is 7.91. The molecule has 0 bridgehead atoms. The summed E-state index contributed by atoms with van der Waals surface area (Å²) >= 11 is 0. The van der Waals surface area contributed by atoms with Crippen molar-refractivity contribution in [2.75, 3.05) is 18.1 Å². The van der Waals surface area contributed by atoms with Crippen molar-refractivity contribution >= 4 is 21.7 Å². The Balaban J connectivity index is 2.17. The second-order valence-corrected chi connectivity index (χ2v) is 8.67. The first-order valence-electron chi connectivity index (χ1n) is 7.59. The molecule has 120 valence electrons. The molecule has 0 aliphatic carbocycles. The van der Waals surface area contributed by atoms with Crippen molar-refractivity contribution in [1.82, 2.24) is 10.2 Å². The van der Waals surface area contributed by atoms with Gasteiger partial charge in [-0.05, 0) is 25.2 Å². The smallest absolute Gasteiger partial charge is 0.245 e. The molecule has 0 aromatic carbocycles. The molecule has 0 radical (unpaired) electrons. The summed E-state index contributed by atoms with van der Waals surface area (Å²) in [7, 11) is -3.07. The Labute approximate surface area is 126 Å². The fraction of sp³-hybridized carbons (Fsp3) is 0.857.